The Balaban J connectivity index is 1.42. The predicted molar refractivity (Wildman–Crippen MR) is 227 cm³/mol. The number of aliphatic hydroxyl groups is 2. The van der Waals surface area contributed by atoms with Gasteiger partial charge in [0.2, 0.25) is 5.78 Å². The molecule has 0 saturated heterocycles. The number of ether oxygens (including phenoxy) is 3. The van der Waals surface area contributed by atoms with Gasteiger partial charge in [0.1, 0.15) is 17.6 Å². The van der Waals surface area contributed by atoms with E-state index < -0.39 is 23.2 Å². The average Bonchev–Trinajstić information content (AvgIpc) is 3.72. The van der Waals surface area contributed by atoms with Crippen molar-refractivity contribution in [1.82, 2.24) is 4.90 Å². The molecule has 7 atom stereocenters. The fraction of sp³-hybridized carbons (Fsp3) is 0.583. The number of aryl methyl sites for hydroxylation is 1. The lowest BCUT2D eigenvalue weighted by Gasteiger charge is -2.46. The maximum absolute atomic E-state index is 14.7. The maximum Gasteiger partial charge on any atom is 0.410 e. The van der Waals surface area contributed by atoms with Crippen LogP contribution in [0.5, 0.6) is 11.5 Å². The van der Waals surface area contributed by atoms with Crippen LogP contribution in [0.25, 0.3) is 0 Å². The van der Waals surface area contributed by atoms with Crippen molar-refractivity contribution in [2.24, 2.45) is 23.2 Å². The summed E-state index contributed by atoms with van der Waals surface area (Å²) in [6.45, 7) is 13.2. The summed E-state index contributed by atoms with van der Waals surface area (Å²) in [7, 11) is 3.22. The molecule has 8 nitrogen and oxygen atoms in total. The molecule has 4 aliphatic rings. The predicted octanol–water partition coefficient (Wildman–Crippen LogP) is 10.4. The van der Waals surface area contributed by atoms with Crippen LogP contribution in [0.15, 0.2) is 60.2 Å². The minimum absolute atomic E-state index is 0.0294. The molecular formula is C48H65NO7S. The number of amides is 1. The highest BCUT2D eigenvalue weighted by molar-refractivity contribution is 7.14. The van der Waals surface area contributed by atoms with Crippen LogP contribution in [0.3, 0.4) is 0 Å². The molecule has 1 amide bonds. The smallest absolute Gasteiger partial charge is 0.410 e. The molecule has 2 bridgehead atoms. The summed E-state index contributed by atoms with van der Waals surface area (Å²) in [5.41, 5.74) is 2.44. The molecule has 0 spiro atoms. The summed E-state index contributed by atoms with van der Waals surface area (Å²) in [5, 5.41) is 24.3. The topological polar surface area (TPSA) is 106 Å². The van der Waals surface area contributed by atoms with Crippen molar-refractivity contribution in [1.29, 1.82) is 0 Å². The quantitative estimate of drug-likeness (QED) is 0.155. The van der Waals surface area contributed by atoms with Crippen molar-refractivity contribution in [3.63, 3.8) is 0 Å². The summed E-state index contributed by atoms with van der Waals surface area (Å²) >= 11 is 1.49. The van der Waals surface area contributed by atoms with Gasteiger partial charge in [0.15, 0.2) is 0 Å². The van der Waals surface area contributed by atoms with Gasteiger partial charge >= 0.3 is 6.09 Å². The number of hydrogen-bond donors (Lipinski definition) is 2. The molecule has 310 valence electrons. The average molecular weight is 800 g/mol. The van der Waals surface area contributed by atoms with Gasteiger partial charge in [0, 0.05) is 27.5 Å². The number of allylic oxidation sites excluding steroid dienone is 2. The summed E-state index contributed by atoms with van der Waals surface area (Å²) in [4.78, 5) is 32.6. The van der Waals surface area contributed by atoms with Crippen molar-refractivity contribution in [3.8, 4) is 11.5 Å². The highest BCUT2D eigenvalue weighted by Crippen LogP contribution is 2.59. The molecule has 7 rings (SSSR count). The minimum Gasteiger partial charge on any atom is -0.497 e. The zero-order valence-electron chi connectivity index (χ0n) is 35.4. The largest absolute Gasteiger partial charge is 0.497 e. The fourth-order valence-corrected chi connectivity index (χ4v) is 10.9. The van der Waals surface area contributed by atoms with Gasteiger partial charge in [-0.05, 0) is 137 Å². The number of hydrogen-bond acceptors (Lipinski definition) is 8. The number of benzene rings is 2. The Hall–Kier alpha value is -3.66. The van der Waals surface area contributed by atoms with Crippen LogP contribution in [0, 0.1) is 30.1 Å². The van der Waals surface area contributed by atoms with Crippen LogP contribution < -0.4 is 9.47 Å². The first-order valence-electron chi connectivity index (χ1n) is 21.1. The van der Waals surface area contributed by atoms with Crippen molar-refractivity contribution < 1.29 is 34.0 Å². The lowest BCUT2D eigenvalue weighted by Crippen LogP contribution is -2.54. The lowest BCUT2D eigenvalue weighted by molar-refractivity contribution is -0.0877. The molecule has 3 aromatic rings. The number of carbonyl (C=O) groups excluding carboxylic acids is 2. The number of ketones is 1. The molecule has 0 aliphatic heterocycles. The van der Waals surface area contributed by atoms with Crippen LogP contribution in [0.4, 0.5) is 4.79 Å². The van der Waals surface area contributed by atoms with E-state index in [1.54, 1.807) is 19.1 Å². The van der Waals surface area contributed by atoms with E-state index >= 15 is 0 Å². The number of thiophene rings is 1. The highest BCUT2D eigenvalue weighted by Gasteiger charge is 2.58. The van der Waals surface area contributed by atoms with E-state index in [1.807, 2.05) is 43.3 Å². The van der Waals surface area contributed by atoms with E-state index in [1.165, 1.54) is 16.9 Å². The Morgan fingerprint density at radius 1 is 0.982 bits per heavy atom. The number of carbonyl (C=O) groups is 2. The summed E-state index contributed by atoms with van der Waals surface area (Å²) in [6.07, 6.45) is 8.36. The van der Waals surface area contributed by atoms with Gasteiger partial charge in [0.25, 0.3) is 0 Å². The van der Waals surface area contributed by atoms with E-state index in [0.29, 0.717) is 65.9 Å². The second kappa shape index (κ2) is 18.1. The van der Waals surface area contributed by atoms with Crippen LogP contribution in [0.1, 0.15) is 135 Å². The summed E-state index contributed by atoms with van der Waals surface area (Å²) in [5.74, 6) is 2.14. The van der Waals surface area contributed by atoms with Crippen LogP contribution in [0.2, 0.25) is 0 Å². The second-order valence-corrected chi connectivity index (χ2v) is 19.3. The Bertz CT molecular complexity index is 1920. The summed E-state index contributed by atoms with van der Waals surface area (Å²) < 4.78 is 17.8. The van der Waals surface area contributed by atoms with E-state index in [0.717, 1.165) is 53.7 Å². The molecule has 4 aliphatic carbocycles. The summed E-state index contributed by atoms with van der Waals surface area (Å²) in [6, 6.07) is 15.6. The molecule has 2 fully saturated rings. The Morgan fingerprint density at radius 3 is 2.47 bits per heavy atom. The zero-order chi connectivity index (χ0) is 41.1. The van der Waals surface area contributed by atoms with Gasteiger partial charge in [-0.15, -0.1) is 11.3 Å². The van der Waals surface area contributed by atoms with Crippen molar-refractivity contribution in [3.05, 3.63) is 92.2 Å². The number of methoxy groups -OCH3 is 2. The molecule has 2 N–H and O–H groups in total. The number of fused-ring (bicyclic) bond motifs is 8. The van der Waals surface area contributed by atoms with Gasteiger partial charge in [-0.3, -0.25) is 4.79 Å². The minimum atomic E-state index is -1.32. The Morgan fingerprint density at radius 2 is 1.77 bits per heavy atom. The highest BCUT2D eigenvalue weighted by atomic mass is 32.1. The van der Waals surface area contributed by atoms with E-state index in [-0.39, 0.29) is 36.8 Å². The molecule has 0 radical (unpaired) electrons. The Labute approximate surface area is 344 Å². The standard InChI is InChI=1S/C48H65NO7S/c1-30(2)38-18-12-32(4)24-43(38)56-46(52)49(28-35-15-17-37(54-7)27-42(35)55-8)29-48(53)23-21-41-39-19-14-34(26-40(39)45(51)44-20-13-33(5)57-44)25-36(50)16-11-31(3)10-9-22-47(41,48)6/h10,13-15,17,19-20,26-27,30,32,36,38,41,43,50,53H,9,11-12,16,18,21-25,28-29H2,1-8H3/t32-,36-,38+,41-,43-,47-,48+/m0/s1. The third-order valence-electron chi connectivity index (χ3n) is 13.7. The molecule has 1 heterocycles. The van der Waals surface area contributed by atoms with Crippen molar-refractivity contribution >= 4 is 23.2 Å². The van der Waals surface area contributed by atoms with Gasteiger partial charge in [0.05, 0.1) is 43.9 Å². The third-order valence-corrected chi connectivity index (χ3v) is 14.7. The van der Waals surface area contributed by atoms with Gasteiger partial charge < -0.3 is 29.3 Å². The van der Waals surface area contributed by atoms with E-state index in [2.05, 4.69) is 52.8 Å². The van der Waals surface area contributed by atoms with Gasteiger partial charge in [-0.1, -0.05) is 57.9 Å². The molecule has 9 heteroatoms. The molecular weight excluding hydrogens is 735 g/mol. The maximum atomic E-state index is 14.7. The first kappa shape index (κ1) is 42.9. The van der Waals surface area contributed by atoms with Crippen molar-refractivity contribution in [2.75, 3.05) is 20.8 Å². The number of aliphatic hydroxyl groups excluding tert-OH is 1. The number of rotatable bonds is 10. The van der Waals surface area contributed by atoms with Crippen LogP contribution in [-0.2, 0) is 17.7 Å². The lowest BCUT2D eigenvalue weighted by atomic mass is 9.64. The second-order valence-electron chi connectivity index (χ2n) is 18.0. The Kier molecular flexibility index (Phi) is 13.6. The van der Waals surface area contributed by atoms with E-state index in [9.17, 15) is 19.8 Å². The third kappa shape index (κ3) is 9.47. The first-order valence-corrected chi connectivity index (χ1v) is 21.9. The molecule has 1 aromatic heterocycles. The molecule has 0 unspecified atom stereocenters. The SMILES string of the molecule is COc1ccc(CN(C[C@]2(O)CC[C@H]3c4ccc(cc4C(=O)c4ccc(C)s4)C[C@@H](O)CCC(C)=CCC[C@@]32C)C(=O)O[C@H]2C[C@@H](C)CC[C@@H]2C(C)C)c(OC)c1. The number of nitrogens with zero attached hydrogens (tertiary/aromatic N) is 1. The molecule has 57 heavy (non-hydrogen) atoms. The van der Waals surface area contributed by atoms with Gasteiger partial charge in [-0.25, -0.2) is 4.79 Å². The fourth-order valence-electron chi connectivity index (χ4n) is 10.0. The van der Waals surface area contributed by atoms with Crippen LogP contribution in [-0.4, -0.2) is 65.6 Å². The monoisotopic (exact) mass is 799 g/mol. The normalized spacial score (nSPS) is 28.0. The first-order chi connectivity index (χ1) is 27.1. The molecule has 2 saturated carbocycles. The van der Waals surface area contributed by atoms with Crippen molar-refractivity contribution in [2.45, 2.75) is 136 Å². The van der Waals surface area contributed by atoms with Crippen LogP contribution >= 0.6 is 11.3 Å². The van der Waals surface area contributed by atoms with Gasteiger partial charge in [-0.2, -0.15) is 0 Å². The zero-order valence-corrected chi connectivity index (χ0v) is 36.3. The molecule has 2 aromatic carbocycles. The van der Waals surface area contributed by atoms with E-state index in [4.69, 9.17) is 14.2 Å².